The van der Waals surface area contributed by atoms with Crippen molar-refractivity contribution in [3.8, 4) is 29.2 Å². The number of aromatic nitrogens is 2. The van der Waals surface area contributed by atoms with Gasteiger partial charge in [-0.05, 0) is 98.2 Å². The van der Waals surface area contributed by atoms with E-state index in [9.17, 15) is 9.59 Å². The van der Waals surface area contributed by atoms with E-state index in [1.165, 1.54) is 0 Å². The van der Waals surface area contributed by atoms with Gasteiger partial charge in [0.25, 0.3) is 0 Å². The number of rotatable bonds is 14. The molecule has 250 valence electrons. The van der Waals surface area contributed by atoms with Gasteiger partial charge < -0.3 is 24.1 Å². The Labute approximate surface area is 283 Å². The molecule has 6 rings (SSSR count). The number of hydrogen-bond acceptors (Lipinski definition) is 9. The van der Waals surface area contributed by atoms with Crippen LogP contribution in [0.3, 0.4) is 0 Å². The number of unbranched alkanes of at least 4 members (excludes halogenated alkanes) is 1. The van der Waals surface area contributed by atoms with Crippen molar-refractivity contribution in [3.05, 3.63) is 107 Å². The number of pyridine rings is 1. The smallest absolute Gasteiger partial charge is 0.489 e. The molecule has 11 nitrogen and oxygen atoms in total. The van der Waals surface area contributed by atoms with Crippen LogP contribution in [0.4, 0.5) is 4.79 Å². The molecule has 1 aliphatic rings. The van der Waals surface area contributed by atoms with Crippen LogP contribution >= 0.6 is 0 Å². The summed E-state index contributed by atoms with van der Waals surface area (Å²) in [5.41, 5.74) is 6.57. The van der Waals surface area contributed by atoms with Crippen LogP contribution in [0.5, 0.6) is 11.6 Å². The maximum absolute atomic E-state index is 11.2. The number of hydrogen-bond donors (Lipinski definition) is 2. The number of oxazole rings is 1. The fourth-order valence-corrected chi connectivity index (χ4v) is 6.29. The van der Waals surface area contributed by atoms with Gasteiger partial charge in [0.1, 0.15) is 17.9 Å². The summed E-state index contributed by atoms with van der Waals surface area (Å²) in [5.74, 6) is 0.556. The van der Waals surface area contributed by atoms with Gasteiger partial charge in [0.15, 0.2) is 5.58 Å². The summed E-state index contributed by atoms with van der Waals surface area (Å²) < 4.78 is 17.0. The molecular weight excluding hydrogens is 624 g/mol. The zero-order valence-corrected chi connectivity index (χ0v) is 26.9. The minimum Gasteiger partial charge on any atom is -0.489 e. The topological polar surface area (TPSA) is 159 Å². The molecule has 3 aromatic carbocycles. The van der Waals surface area contributed by atoms with E-state index in [-0.39, 0.29) is 18.3 Å². The first-order valence-corrected chi connectivity index (χ1v) is 16.3. The lowest BCUT2D eigenvalue weighted by Gasteiger charge is -2.36. The highest BCUT2D eigenvalue weighted by molar-refractivity contribution is 5.77. The second kappa shape index (κ2) is 15.4. The molecular formula is C38H36N4O7. The third-order valence-corrected chi connectivity index (χ3v) is 8.71. The number of aryl methyl sites for hydroxylation is 1. The van der Waals surface area contributed by atoms with E-state index in [1.54, 1.807) is 24.3 Å². The maximum Gasteiger partial charge on any atom is 0.512 e. The van der Waals surface area contributed by atoms with Gasteiger partial charge in [-0.2, -0.15) is 5.26 Å². The highest BCUT2D eigenvalue weighted by Crippen LogP contribution is 2.35. The second-order valence-corrected chi connectivity index (χ2v) is 12.0. The van der Waals surface area contributed by atoms with Gasteiger partial charge in [0.05, 0.1) is 11.6 Å². The molecule has 2 N–H and O–H groups in total. The average molecular weight is 661 g/mol. The molecule has 49 heavy (non-hydrogen) atoms. The number of fused-ring (bicyclic) bond motifs is 2. The third kappa shape index (κ3) is 8.41. The molecule has 0 spiro atoms. The Bertz CT molecular complexity index is 1980. The molecule has 1 unspecified atom stereocenters. The van der Waals surface area contributed by atoms with Gasteiger partial charge >= 0.3 is 12.1 Å². The molecule has 2 aromatic heterocycles. The summed E-state index contributed by atoms with van der Waals surface area (Å²) in [7, 11) is 0. The Kier molecular flexibility index (Phi) is 10.5. The van der Waals surface area contributed by atoms with Crippen LogP contribution < -0.4 is 9.47 Å². The summed E-state index contributed by atoms with van der Waals surface area (Å²) in [6.45, 7) is 1.82. The molecule has 0 saturated heterocycles. The molecule has 11 heteroatoms. The largest absolute Gasteiger partial charge is 0.512 e. The lowest BCUT2D eigenvalue weighted by molar-refractivity contribution is -0.137. The molecule has 0 saturated carbocycles. The first-order chi connectivity index (χ1) is 23.9. The fraction of sp³-hybridized carbons (Fsp3) is 0.289. The number of nitriles is 1. The zero-order valence-electron chi connectivity index (χ0n) is 26.9. The minimum atomic E-state index is -1.39. The molecule has 1 atom stereocenters. The van der Waals surface area contributed by atoms with Crippen LogP contribution in [-0.2, 0) is 24.2 Å². The van der Waals surface area contributed by atoms with Crippen molar-refractivity contribution in [1.82, 2.24) is 14.9 Å². The van der Waals surface area contributed by atoms with Crippen molar-refractivity contribution < 1.29 is 33.7 Å². The van der Waals surface area contributed by atoms with Crippen LogP contribution in [0.25, 0.3) is 22.6 Å². The van der Waals surface area contributed by atoms with E-state index in [4.69, 9.17) is 29.4 Å². The number of nitrogens with zero attached hydrogens (tertiary/aromatic N) is 4. The van der Waals surface area contributed by atoms with Crippen LogP contribution in [0, 0.1) is 11.3 Å². The van der Waals surface area contributed by atoms with Crippen LogP contribution in [0.15, 0.2) is 83.3 Å². The Hall–Kier alpha value is -5.73. The summed E-state index contributed by atoms with van der Waals surface area (Å²) in [6.07, 6.45) is 3.35. The van der Waals surface area contributed by atoms with Gasteiger partial charge in [-0.15, -0.1) is 0 Å². The molecule has 0 aliphatic heterocycles. The monoisotopic (exact) mass is 660 g/mol. The number of carbonyl (C=O) groups is 2. The molecule has 0 amide bonds. The Morgan fingerprint density at radius 3 is 2.61 bits per heavy atom. The number of ether oxygens (including phenoxy) is 2. The zero-order chi connectivity index (χ0) is 34.2. The van der Waals surface area contributed by atoms with Crippen molar-refractivity contribution in [2.24, 2.45) is 0 Å². The molecule has 1 aliphatic carbocycles. The summed E-state index contributed by atoms with van der Waals surface area (Å²) >= 11 is 0. The van der Waals surface area contributed by atoms with Crippen molar-refractivity contribution in [3.63, 3.8) is 0 Å². The van der Waals surface area contributed by atoms with Gasteiger partial charge in [-0.3, -0.25) is 9.69 Å². The molecule has 0 radical (unpaired) electrons. The number of carboxylic acids is 1. The van der Waals surface area contributed by atoms with E-state index in [0.29, 0.717) is 35.6 Å². The van der Waals surface area contributed by atoms with E-state index in [1.807, 2.05) is 48.5 Å². The van der Waals surface area contributed by atoms with Crippen molar-refractivity contribution >= 4 is 23.2 Å². The predicted octanol–water partition coefficient (Wildman–Crippen LogP) is 7.57. The highest BCUT2D eigenvalue weighted by Gasteiger charge is 2.27. The normalized spacial score (nSPS) is 13.9. The van der Waals surface area contributed by atoms with Crippen molar-refractivity contribution in [2.75, 3.05) is 13.1 Å². The second-order valence-electron chi connectivity index (χ2n) is 12.0. The maximum atomic E-state index is 11.2. The first kappa shape index (κ1) is 33.2. The molecule has 0 fully saturated rings. The quantitative estimate of drug-likeness (QED) is 0.0893. The highest BCUT2D eigenvalue weighted by atomic mass is 16.7. The van der Waals surface area contributed by atoms with Crippen LogP contribution in [0.1, 0.15) is 66.1 Å². The van der Waals surface area contributed by atoms with Crippen molar-refractivity contribution in [1.29, 1.82) is 5.26 Å². The number of para-hydroxylation sites is 1. The molecule has 2 heterocycles. The van der Waals surface area contributed by atoms with Gasteiger partial charge in [-0.25, -0.2) is 14.8 Å². The van der Waals surface area contributed by atoms with Crippen LogP contribution in [-0.4, -0.2) is 50.3 Å². The number of benzene rings is 3. The predicted molar refractivity (Wildman–Crippen MR) is 180 cm³/mol. The molecule has 5 aromatic rings. The third-order valence-electron chi connectivity index (χ3n) is 8.71. The van der Waals surface area contributed by atoms with E-state index in [0.717, 1.165) is 78.9 Å². The van der Waals surface area contributed by atoms with Gasteiger partial charge in [0, 0.05) is 36.3 Å². The summed E-state index contributed by atoms with van der Waals surface area (Å²) in [5, 5.41) is 27.4. The first-order valence-electron chi connectivity index (χ1n) is 16.3. The van der Waals surface area contributed by atoms with E-state index >= 15 is 0 Å². The minimum absolute atomic E-state index is 0.0705. The molecule has 0 bridgehead atoms. The van der Waals surface area contributed by atoms with Crippen molar-refractivity contribution in [2.45, 2.75) is 57.6 Å². The number of aliphatic carboxylic acids is 1. The standard InChI is InChI=1S/C38H36N4O7/c39-23-26-13-17-34-31(22-26)41-37(48-34)28-14-11-25(12-15-28)24-47-33-9-2-1-6-27(33)19-21-42(20-4-3-10-36(43)44)32-8-5-7-30-29(32)16-18-35(40-30)49-38(45)46/h1-2,6,9,11-18,22,32H,3-5,7-8,10,19-21,24H2,(H,43,44)(H,45,46). The lowest BCUT2D eigenvalue weighted by Crippen LogP contribution is -2.34. The van der Waals surface area contributed by atoms with E-state index < -0.39 is 12.1 Å². The fourth-order valence-electron chi connectivity index (χ4n) is 6.29. The Morgan fingerprint density at radius 2 is 1.82 bits per heavy atom. The summed E-state index contributed by atoms with van der Waals surface area (Å²) in [4.78, 5) is 33.6. The number of carboxylic acid groups (broad SMARTS) is 2. The lowest BCUT2D eigenvalue weighted by atomic mass is 9.89. The average Bonchev–Trinajstić information content (AvgIpc) is 3.54. The van der Waals surface area contributed by atoms with Crippen LogP contribution in [0.2, 0.25) is 0 Å². The van der Waals surface area contributed by atoms with Gasteiger partial charge in [0.2, 0.25) is 11.8 Å². The Balaban J connectivity index is 1.13. The Morgan fingerprint density at radius 1 is 0.980 bits per heavy atom. The van der Waals surface area contributed by atoms with Gasteiger partial charge in [-0.1, -0.05) is 36.4 Å². The van der Waals surface area contributed by atoms with E-state index in [2.05, 4.69) is 27.0 Å². The SMILES string of the molecule is N#Cc1ccc2oc(-c3ccc(COc4ccccc4CCN(CCCCC(=O)O)C4CCCc5nc(OC(=O)O)ccc54)cc3)nc2c1. The summed E-state index contributed by atoms with van der Waals surface area (Å²) in [6, 6.07) is 26.7.